The van der Waals surface area contributed by atoms with Gasteiger partial charge in [-0.25, -0.2) is 13.4 Å². The summed E-state index contributed by atoms with van der Waals surface area (Å²) in [5, 5.41) is 2.65. The Kier molecular flexibility index (Phi) is 9.92. The molecule has 186 valence electrons. The molecule has 3 aromatic rings. The minimum atomic E-state index is -4.05. The summed E-state index contributed by atoms with van der Waals surface area (Å²) in [7, 11) is -4.05. The topological polar surface area (TPSA) is 139 Å². The summed E-state index contributed by atoms with van der Waals surface area (Å²) >= 11 is 4.87. The second-order valence-corrected chi connectivity index (χ2v) is 10.3. The Morgan fingerprint density at radius 2 is 1.80 bits per heavy atom. The zero-order valence-corrected chi connectivity index (χ0v) is 22.9. The second kappa shape index (κ2) is 12.9. The molecule has 1 amide bonds. The molecule has 0 unspecified atom stereocenters. The molecular weight excluding hydrogens is 655 g/mol. The van der Waals surface area contributed by atoms with Crippen molar-refractivity contribution in [1.29, 1.82) is 0 Å². The Bertz CT molecular complexity index is 1250. The number of aromatic nitrogens is 2. The fourth-order valence-electron chi connectivity index (χ4n) is 2.99. The molecule has 0 saturated heterocycles. The van der Waals surface area contributed by atoms with Gasteiger partial charge in [0.25, 0.3) is 15.9 Å². The summed E-state index contributed by atoms with van der Waals surface area (Å²) in [5.74, 6) is -0.613. The van der Waals surface area contributed by atoms with Crippen molar-refractivity contribution in [3.05, 3.63) is 65.2 Å². The number of ether oxygens (including phenoxy) is 1. The molecule has 35 heavy (non-hydrogen) atoms. The number of halogens is 2. The van der Waals surface area contributed by atoms with Gasteiger partial charge >= 0.3 is 5.97 Å². The number of unbranched alkanes of at least 4 members (excludes halogenated alkanes) is 2. The van der Waals surface area contributed by atoms with Crippen LogP contribution < -0.4 is 14.8 Å². The van der Waals surface area contributed by atoms with E-state index in [-0.39, 0.29) is 34.6 Å². The molecule has 10 nitrogen and oxygen atoms in total. The number of hydrogen-bond acceptors (Lipinski definition) is 7. The monoisotopic (exact) mass is 676 g/mol. The lowest BCUT2D eigenvalue weighted by atomic mass is 10.2. The van der Waals surface area contributed by atoms with E-state index in [4.69, 9.17) is 4.74 Å². The highest BCUT2D eigenvalue weighted by atomic mass is 127. The van der Waals surface area contributed by atoms with Crippen LogP contribution in [0.25, 0.3) is 0 Å². The minimum absolute atomic E-state index is 0.128. The predicted molar refractivity (Wildman–Crippen MR) is 142 cm³/mol. The summed E-state index contributed by atoms with van der Waals surface area (Å²) in [6.07, 6.45) is 5.01. The molecule has 13 heteroatoms. The number of carbonyl (C=O) groups excluding carboxylic acids is 2. The number of sulfonamides is 1. The summed E-state index contributed by atoms with van der Waals surface area (Å²) in [4.78, 5) is 29.9. The highest BCUT2D eigenvalue weighted by molar-refractivity contribution is 14.1. The second-order valence-electron chi connectivity index (χ2n) is 7.30. The van der Waals surface area contributed by atoms with Gasteiger partial charge in [-0.1, -0.05) is 15.9 Å². The largest absolute Gasteiger partial charge is 0.492 e. The molecule has 0 fully saturated rings. The molecule has 0 saturated carbocycles. The van der Waals surface area contributed by atoms with E-state index in [0.29, 0.717) is 31.4 Å². The van der Waals surface area contributed by atoms with Gasteiger partial charge in [-0.05, 0) is 61.7 Å². The molecule has 0 atom stereocenters. The van der Waals surface area contributed by atoms with Gasteiger partial charge in [-0.2, -0.15) is 0 Å². The fraction of sp³-hybridized carbons (Fsp3) is 0.227. The molecule has 0 aliphatic heterocycles. The zero-order chi connectivity index (χ0) is 25.3. The average Bonchev–Trinajstić information content (AvgIpc) is 3.38. The van der Waals surface area contributed by atoms with E-state index in [2.05, 4.69) is 39.0 Å². The molecule has 1 aromatic heterocycles. The van der Waals surface area contributed by atoms with Crippen molar-refractivity contribution in [2.45, 2.75) is 30.6 Å². The maximum atomic E-state index is 13.2. The molecule has 3 N–H and O–H groups in total. The van der Waals surface area contributed by atoms with Crippen LogP contribution in [0.2, 0.25) is 0 Å². The lowest BCUT2D eigenvalue weighted by Gasteiger charge is -2.15. The van der Waals surface area contributed by atoms with E-state index < -0.39 is 15.9 Å². The van der Waals surface area contributed by atoms with E-state index in [9.17, 15) is 18.0 Å². The standard InChI is InChI=1S/C22H22BrIN4O6S/c23-15-5-7-16(8-6-15)28-35(31,32)20-12-17(27-22(30)18-13-25-14-26-18)9-10-19(20)33-11-3-1-2-4-21(29)34-24/h5-10,12-14,28H,1-4,11H2,(H,25,26)(H,27,30). The quantitative estimate of drug-likeness (QED) is 0.180. The van der Waals surface area contributed by atoms with Crippen LogP contribution in [-0.2, 0) is 17.9 Å². The minimum Gasteiger partial charge on any atom is -0.492 e. The third kappa shape index (κ3) is 8.21. The Morgan fingerprint density at radius 3 is 2.49 bits per heavy atom. The first-order valence-corrected chi connectivity index (χ1v) is 13.6. The van der Waals surface area contributed by atoms with Crippen molar-refractivity contribution >= 4 is 72.2 Å². The Morgan fingerprint density at radius 1 is 1.06 bits per heavy atom. The fourth-order valence-corrected chi connectivity index (χ4v) is 4.71. The lowest BCUT2D eigenvalue weighted by molar-refractivity contribution is -0.131. The van der Waals surface area contributed by atoms with Gasteiger partial charge in [0.15, 0.2) is 23.0 Å². The third-order valence-electron chi connectivity index (χ3n) is 4.70. The summed E-state index contributed by atoms with van der Waals surface area (Å²) in [5.41, 5.74) is 0.868. The Balaban J connectivity index is 1.77. The first-order chi connectivity index (χ1) is 16.8. The van der Waals surface area contributed by atoms with Crippen LogP contribution in [0.3, 0.4) is 0 Å². The van der Waals surface area contributed by atoms with E-state index in [1.165, 1.54) is 24.7 Å². The lowest BCUT2D eigenvalue weighted by Crippen LogP contribution is -2.17. The van der Waals surface area contributed by atoms with Gasteiger partial charge in [0.05, 0.1) is 19.1 Å². The van der Waals surface area contributed by atoms with Crippen molar-refractivity contribution in [2.75, 3.05) is 16.6 Å². The van der Waals surface area contributed by atoms with Crippen molar-refractivity contribution in [3.63, 3.8) is 0 Å². The number of hydrogen-bond donors (Lipinski definition) is 3. The zero-order valence-electron chi connectivity index (χ0n) is 18.3. The number of H-pyrrole nitrogens is 1. The molecule has 0 aliphatic carbocycles. The molecule has 0 aliphatic rings. The van der Waals surface area contributed by atoms with Crippen LogP contribution in [0.4, 0.5) is 11.4 Å². The van der Waals surface area contributed by atoms with Gasteiger partial charge in [0, 0.05) is 22.3 Å². The number of anilines is 2. The van der Waals surface area contributed by atoms with Crippen LogP contribution >= 0.6 is 38.9 Å². The molecule has 3 rings (SSSR count). The molecule has 0 bridgehead atoms. The number of imidazole rings is 1. The highest BCUT2D eigenvalue weighted by Gasteiger charge is 2.22. The number of nitrogens with zero attached hydrogens (tertiary/aromatic N) is 1. The van der Waals surface area contributed by atoms with E-state index >= 15 is 0 Å². The smallest absolute Gasteiger partial charge is 0.315 e. The molecular formula is C22H22BrIN4O6S. The number of aromatic amines is 1. The Hall–Kier alpha value is -2.65. The van der Waals surface area contributed by atoms with Crippen molar-refractivity contribution in [1.82, 2.24) is 9.97 Å². The third-order valence-corrected chi connectivity index (χ3v) is 7.12. The molecule has 1 heterocycles. The van der Waals surface area contributed by atoms with Crippen LogP contribution in [0, 0.1) is 0 Å². The maximum Gasteiger partial charge on any atom is 0.315 e. The van der Waals surface area contributed by atoms with Crippen LogP contribution in [0.15, 0.2) is 64.4 Å². The number of amides is 1. The van der Waals surface area contributed by atoms with Crippen LogP contribution in [0.5, 0.6) is 5.75 Å². The number of rotatable bonds is 12. The number of benzene rings is 2. The molecule has 0 radical (unpaired) electrons. The highest BCUT2D eigenvalue weighted by Crippen LogP contribution is 2.30. The van der Waals surface area contributed by atoms with Crippen molar-refractivity contribution in [3.8, 4) is 5.75 Å². The van der Waals surface area contributed by atoms with Gasteiger partial charge in [-0.3, -0.25) is 14.3 Å². The van der Waals surface area contributed by atoms with Gasteiger partial charge in [-0.15, -0.1) is 0 Å². The molecule has 2 aromatic carbocycles. The summed E-state index contributed by atoms with van der Waals surface area (Å²) < 4.78 is 40.2. The van der Waals surface area contributed by atoms with Crippen molar-refractivity contribution < 1.29 is 25.8 Å². The van der Waals surface area contributed by atoms with E-state index in [1.54, 1.807) is 53.3 Å². The Labute approximate surface area is 225 Å². The number of carbonyl (C=O) groups is 2. The SMILES string of the molecule is O=C(CCCCCOc1ccc(NC(=O)c2cnc[nH]2)cc1S(=O)(=O)Nc1ccc(Br)cc1)OI. The average molecular weight is 677 g/mol. The number of nitrogens with one attached hydrogen (secondary N) is 3. The molecule has 0 spiro atoms. The van der Waals surface area contributed by atoms with E-state index in [1.807, 2.05) is 0 Å². The summed E-state index contributed by atoms with van der Waals surface area (Å²) in [6, 6.07) is 11.0. The van der Waals surface area contributed by atoms with Crippen LogP contribution in [0.1, 0.15) is 36.2 Å². The van der Waals surface area contributed by atoms with Gasteiger partial charge in [0.1, 0.15) is 16.3 Å². The maximum absolute atomic E-state index is 13.2. The van der Waals surface area contributed by atoms with Crippen LogP contribution in [-0.4, -0.2) is 36.9 Å². The van der Waals surface area contributed by atoms with Gasteiger partial charge in [0.2, 0.25) is 0 Å². The summed E-state index contributed by atoms with van der Waals surface area (Å²) in [6.45, 7) is 0.250. The first-order valence-electron chi connectivity index (χ1n) is 10.4. The predicted octanol–water partition coefficient (Wildman–Crippen LogP) is 5.06. The van der Waals surface area contributed by atoms with E-state index in [0.717, 1.165) is 4.47 Å². The first kappa shape index (κ1) is 26.9. The van der Waals surface area contributed by atoms with Crippen molar-refractivity contribution in [2.24, 2.45) is 0 Å². The van der Waals surface area contributed by atoms with Gasteiger partial charge < -0.3 is 18.1 Å². The normalized spacial score (nSPS) is 11.0.